The number of hydrogen-bond donors (Lipinski definition) is 2. The molecular formula is C8H13N3O2. The molecule has 1 saturated heterocycles. The zero-order chi connectivity index (χ0) is 9.64. The molecule has 1 atom stereocenters. The van der Waals surface area contributed by atoms with Crippen LogP contribution in [-0.4, -0.2) is 35.0 Å². The van der Waals surface area contributed by atoms with Crippen molar-refractivity contribution in [1.82, 2.24) is 10.2 Å². The second kappa shape index (κ2) is 2.45. The zero-order valence-corrected chi connectivity index (χ0v) is 7.54. The van der Waals surface area contributed by atoms with Crippen molar-refractivity contribution < 1.29 is 9.59 Å². The Hall–Kier alpha value is -1.10. The Bertz CT molecular complexity index is 271. The van der Waals surface area contributed by atoms with E-state index >= 15 is 0 Å². The van der Waals surface area contributed by atoms with Crippen molar-refractivity contribution in [2.24, 2.45) is 5.73 Å². The minimum absolute atomic E-state index is 0.102. The molecule has 0 aromatic heterocycles. The van der Waals surface area contributed by atoms with Crippen LogP contribution in [0.15, 0.2) is 0 Å². The Labute approximate surface area is 76.3 Å². The summed E-state index contributed by atoms with van der Waals surface area (Å²) >= 11 is 0. The molecule has 1 aliphatic heterocycles. The standard InChI is InChI=1S/C8H13N3O2/c1-5(9)4-11-6(12)8(2-3-8)10-7(11)13/h5H,2-4,9H2,1H3,(H,10,13). The van der Waals surface area contributed by atoms with Gasteiger partial charge in [0.1, 0.15) is 5.54 Å². The molecule has 13 heavy (non-hydrogen) atoms. The number of nitrogens with zero attached hydrogens (tertiary/aromatic N) is 1. The highest BCUT2D eigenvalue weighted by atomic mass is 16.2. The summed E-state index contributed by atoms with van der Waals surface area (Å²) in [6.45, 7) is 2.09. The summed E-state index contributed by atoms with van der Waals surface area (Å²) in [6, 6.07) is -0.455. The molecule has 1 unspecified atom stereocenters. The lowest BCUT2D eigenvalue weighted by molar-refractivity contribution is -0.128. The van der Waals surface area contributed by atoms with Crippen LogP contribution in [-0.2, 0) is 4.79 Å². The van der Waals surface area contributed by atoms with E-state index in [-0.39, 0.29) is 18.0 Å². The Kier molecular flexibility index (Phi) is 1.60. The number of urea groups is 1. The van der Waals surface area contributed by atoms with Gasteiger partial charge in [-0.25, -0.2) is 4.79 Å². The van der Waals surface area contributed by atoms with Gasteiger partial charge in [-0.3, -0.25) is 9.69 Å². The van der Waals surface area contributed by atoms with E-state index in [0.717, 1.165) is 12.8 Å². The highest BCUT2D eigenvalue weighted by Crippen LogP contribution is 2.40. The number of carbonyl (C=O) groups is 2. The highest BCUT2D eigenvalue weighted by Gasteiger charge is 2.59. The predicted molar refractivity (Wildman–Crippen MR) is 45.9 cm³/mol. The van der Waals surface area contributed by atoms with Crippen LogP contribution in [0.25, 0.3) is 0 Å². The summed E-state index contributed by atoms with van der Waals surface area (Å²) in [6.07, 6.45) is 1.54. The second-order valence-electron chi connectivity index (χ2n) is 3.91. The zero-order valence-electron chi connectivity index (χ0n) is 7.54. The summed E-state index contributed by atoms with van der Waals surface area (Å²) in [5.41, 5.74) is 5.00. The number of nitrogens with one attached hydrogen (secondary N) is 1. The van der Waals surface area contributed by atoms with Crippen LogP contribution in [0, 0.1) is 0 Å². The van der Waals surface area contributed by atoms with E-state index < -0.39 is 5.54 Å². The molecule has 0 radical (unpaired) electrons. The van der Waals surface area contributed by atoms with Crippen molar-refractivity contribution in [2.75, 3.05) is 6.54 Å². The maximum atomic E-state index is 11.6. The number of carbonyl (C=O) groups excluding carboxylic acids is 2. The van der Waals surface area contributed by atoms with E-state index in [1.807, 2.05) is 0 Å². The summed E-state index contributed by atoms with van der Waals surface area (Å²) < 4.78 is 0. The average Bonchev–Trinajstić information content (AvgIpc) is 2.75. The van der Waals surface area contributed by atoms with Gasteiger partial charge in [-0.1, -0.05) is 0 Å². The normalized spacial score (nSPS) is 26.5. The lowest BCUT2D eigenvalue weighted by Crippen LogP contribution is -2.40. The van der Waals surface area contributed by atoms with Crippen molar-refractivity contribution in [3.05, 3.63) is 0 Å². The first-order valence-corrected chi connectivity index (χ1v) is 4.45. The van der Waals surface area contributed by atoms with Gasteiger partial charge in [-0.15, -0.1) is 0 Å². The van der Waals surface area contributed by atoms with Crippen molar-refractivity contribution in [1.29, 1.82) is 0 Å². The number of amides is 3. The number of rotatable bonds is 2. The van der Waals surface area contributed by atoms with E-state index in [1.165, 1.54) is 4.90 Å². The molecule has 3 amide bonds. The lowest BCUT2D eigenvalue weighted by atomic mass is 10.2. The maximum Gasteiger partial charge on any atom is 0.325 e. The second-order valence-corrected chi connectivity index (χ2v) is 3.91. The van der Waals surface area contributed by atoms with E-state index in [4.69, 9.17) is 5.73 Å². The largest absolute Gasteiger partial charge is 0.326 e. The first-order valence-electron chi connectivity index (χ1n) is 4.45. The fourth-order valence-electron chi connectivity index (χ4n) is 1.59. The molecule has 1 spiro atoms. The van der Waals surface area contributed by atoms with E-state index in [2.05, 4.69) is 5.32 Å². The van der Waals surface area contributed by atoms with Crippen LogP contribution >= 0.6 is 0 Å². The number of hydrogen-bond acceptors (Lipinski definition) is 3. The topological polar surface area (TPSA) is 75.4 Å². The molecule has 72 valence electrons. The first kappa shape index (κ1) is 8.50. The molecule has 2 rings (SSSR count). The van der Waals surface area contributed by atoms with E-state index in [9.17, 15) is 9.59 Å². The molecule has 0 aromatic carbocycles. The maximum absolute atomic E-state index is 11.6. The van der Waals surface area contributed by atoms with Crippen LogP contribution in [0.5, 0.6) is 0 Å². The Morgan fingerprint density at radius 2 is 2.23 bits per heavy atom. The molecule has 0 bridgehead atoms. The molecule has 0 aromatic rings. The molecule has 1 heterocycles. The molecule has 2 fully saturated rings. The molecule has 5 heteroatoms. The predicted octanol–water partition coefficient (Wildman–Crippen LogP) is -0.582. The number of imide groups is 1. The summed E-state index contributed by atoms with van der Waals surface area (Å²) in [4.78, 5) is 24.2. The van der Waals surface area contributed by atoms with Gasteiger partial charge in [-0.2, -0.15) is 0 Å². The van der Waals surface area contributed by atoms with Gasteiger partial charge in [0.15, 0.2) is 0 Å². The summed E-state index contributed by atoms with van der Waals surface area (Å²) in [5, 5.41) is 2.69. The van der Waals surface area contributed by atoms with Crippen LogP contribution in [0.1, 0.15) is 19.8 Å². The molecule has 1 saturated carbocycles. The van der Waals surface area contributed by atoms with Crippen molar-refractivity contribution in [3.63, 3.8) is 0 Å². The highest BCUT2D eigenvalue weighted by molar-refractivity contribution is 6.08. The van der Waals surface area contributed by atoms with Crippen molar-refractivity contribution in [3.8, 4) is 0 Å². The molecule has 3 N–H and O–H groups in total. The van der Waals surface area contributed by atoms with Gasteiger partial charge < -0.3 is 11.1 Å². The van der Waals surface area contributed by atoms with Crippen LogP contribution in [0.2, 0.25) is 0 Å². The van der Waals surface area contributed by atoms with Gasteiger partial charge in [0.05, 0.1) is 0 Å². The van der Waals surface area contributed by atoms with E-state index in [0.29, 0.717) is 6.54 Å². The van der Waals surface area contributed by atoms with Gasteiger partial charge >= 0.3 is 6.03 Å². The Morgan fingerprint density at radius 1 is 1.62 bits per heavy atom. The lowest BCUT2D eigenvalue weighted by Gasteiger charge is -2.14. The minimum Gasteiger partial charge on any atom is -0.326 e. The number of nitrogens with two attached hydrogens (primary N) is 1. The average molecular weight is 183 g/mol. The molecule has 1 aliphatic carbocycles. The summed E-state index contributed by atoms with van der Waals surface area (Å²) in [5.74, 6) is -0.102. The van der Waals surface area contributed by atoms with Crippen LogP contribution in [0.3, 0.4) is 0 Å². The fourth-order valence-corrected chi connectivity index (χ4v) is 1.59. The molecular weight excluding hydrogens is 170 g/mol. The first-order chi connectivity index (χ1) is 6.05. The van der Waals surface area contributed by atoms with Gasteiger partial charge in [0, 0.05) is 12.6 Å². The van der Waals surface area contributed by atoms with E-state index in [1.54, 1.807) is 6.92 Å². The van der Waals surface area contributed by atoms with Crippen molar-refractivity contribution in [2.45, 2.75) is 31.3 Å². The third kappa shape index (κ3) is 1.19. The monoisotopic (exact) mass is 183 g/mol. The third-order valence-corrected chi connectivity index (χ3v) is 2.47. The SMILES string of the molecule is CC(N)CN1C(=O)NC2(CC2)C1=O. The third-order valence-electron chi connectivity index (χ3n) is 2.47. The van der Waals surface area contributed by atoms with Gasteiger partial charge in [-0.05, 0) is 19.8 Å². The fraction of sp³-hybridized carbons (Fsp3) is 0.750. The molecule has 5 nitrogen and oxygen atoms in total. The Morgan fingerprint density at radius 3 is 2.62 bits per heavy atom. The minimum atomic E-state index is -0.536. The van der Waals surface area contributed by atoms with Crippen molar-refractivity contribution >= 4 is 11.9 Å². The van der Waals surface area contributed by atoms with Gasteiger partial charge in [0.2, 0.25) is 0 Å². The quantitative estimate of drug-likeness (QED) is 0.562. The van der Waals surface area contributed by atoms with Gasteiger partial charge in [0.25, 0.3) is 5.91 Å². The molecule has 2 aliphatic rings. The smallest absolute Gasteiger partial charge is 0.325 e. The Balaban J connectivity index is 2.11. The van der Waals surface area contributed by atoms with Crippen LogP contribution in [0.4, 0.5) is 4.79 Å². The van der Waals surface area contributed by atoms with Crippen LogP contribution < -0.4 is 11.1 Å². The summed E-state index contributed by atoms with van der Waals surface area (Å²) in [7, 11) is 0.